The third kappa shape index (κ3) is 2.02. The summed E-state index contributed by atoms with van der Waals surface area (Å²) >= 11 is 0. The Morgan fingerprint density at radius 2 is 2.10 bits per heavy atom. The summed E-state index contributed by atoms with van der Waals surface area (Å²) in [4.78, 5) is 15.5. The van der Waals surface area contributed by atoms with Crippen LogP contribution < -0.4 is 5.63 Å². The Morgan fingerprint density at radius 1 is 1.30 bits per heavy atom. The summed E-state index contributed by atoms with van der Waals surface area (Å²) in [7, 11) is 0. The van der Waals surface area contributed by atoms with Crippen LogP contribution in [0, 0.1) is 6.92 Å². The fraction of sp³-hybridized carbons (Fsp3) is 0.312. The topological polar surface area (TPSA) is 55.2 Å². The van der Waals surface area contributed by atoms with Crippen molar-refractivity contribution < 1.29 is 9.15 Å². The predicted octanol–water partition coefficient (Wildman–Crippen LogP) is 3.16. The van der Waals surface area contributed by atoms with Gasteiger partial charge in [-0.15, -0.1) is 0 Å². The van der Waals surface area contributed by atoms with E-state index >= 15 is 0 Å². The lowest BCUT2D eigenvalue weighted by Gasteiger charge is -2.00. The highest BCUT2D eigenvalue weighted by atomic mass is 16.5. The van der Waals surface area contributed by atoms with Crippen LogP contribution in [0.25, 0.3) is 21.9 Å². The molecule has 1 N–H and O–H groups in total. The van der Waals surface area contributed by atoms with Crippen molar-refractivity contribution in [2.45, 2.75) is 20.3 Å². The van der Waals surface area contributed by atoms with Gasteiger partial charge in [-0.05, 0) is 31.5 Å². The molecule has 2 aromatic heterocycles. The number of H-pyrrole nitrogens is 1. The number of fused-ring (bicyclic) bond motifs is 3. The van der Waals surface area contributed by atoms with Gasteiger partial charge in [0.2, 0.25) is 0 Å². The Balaban J connectivity index is 2.21. The van der Waals surface area contributed by atoms with E-state index < -0.39 is 0 Å². The molecule has 0 radical (unpaired) electrons. The van der Waals surface area contributed by atoms with Crippen molar-refractivity contribution in [1.82, 2.24) is 4.98 Å². The molecular weight excluding hydrogens is 254 g/mol. The Morgan fingerprint density at radius 3 is 2.90 bits per heavy atom. The van der Waals surface area contributed by atoms with Crippen molar-refractivity contribution in [3.63, 3.8) is 0 Å². The van der Waals surface area contributed by atoms with Gasteiger partial charge in [-0.1, -0.05) is 12.1 Å². The zero-order valence-electron chi connectivity index (χ0n) is 11.7. The van der Waals surface area contributed by atoms with E-state index in [1.165, 1.54) is 0 Å². The van der Waals surface area contributed by atoms with Crippen molar-refractivity contribution in [3.05, 3.63) is 45.9 Å². The van der Waals surface area contributed by atoms with E-state index in [1.807, 2.05) is 38.1 Å². The predicted molar refractivity (Wildman–Crippen MR) is 79.3 cm³/mol. The molecule has 0 unspecified atom stereocenters. The van der Waals surface area contributed by atoms with Crippen LogP contribution in [0.15, 0.2) is 33.5 Å². The van der Waals surface area contributed by atoms with Crippen molar-refractivity contribution in [2.24, 2.45) is 0 Å². The second kappa shape index (κ2) is 5.13. The number of rotatable bonds is 4. The van der Waals surface area contributed by atoms with Crippen LogP contribution >= 0.6 is 0 Å². The van der Waals surface area contributed by atoms with Crippen LogP contribution in [0.1, 0.15) is 18.2 Å². The normalized spacial score (nSPS) is 11.5. The molecule has 1 aromatic carbocycles. The maximum Gasteiger partial charge on any atom is 0.346 e. The molecule has 20 heavy (non-hydrogen) atoms. The Kier molecular flexibility index (Phi) is 3.32. The molecule has 0 bridgehead atoms. The summed E-state index contributed by atoms with van der Waals surface area (Å²) in [5.41, 5.74) is 3.19. The molecular formula is C16H17NO3. The summed E-state index contributed by atoms with van der Waals surface area (Å²) in [5, 5.41) is 1.59. The molecule has 4 nitrogen and oxygen atoms in total. The number of aromatic amines is 1. The van der Waals surface area contributed by atoms with E-state index in [9.17, 15) is 4.79 Å². The number of ether oxygens (including phenoxy) is 1. The van der Waals surface area contributed by atoms with Gasteiger partial charge >= 0.3 is 5.63 Å². The average molecular weight is 271 g/mol. The molecule has 0 saturated carbocycles. The Bertz CT molecular complexity index is 814. The largest absolute Gasteiger partial charge is 0.422 e. The molecule has 0 amide bonds. The number of nitrogens with one attached hydrogen (secondary N) is 1. The number of hydrogen-bond acceptors (Lipinski definition) is 3. The average Bonchev–Trinajstić information content (AvgIpc) is 2.78. The van der Waals surface area contributed by atoms with E-state index in [0.717, 1.165) is 28.6 Å². The van der Waals surface area contributed by atoms with Gasteiger partial charge in [-0.2, -0.15) is 0 Å². The number of benzene rings is 1. The van der Waals surface area contributed by atoms with Gasteiger partial charge in [0, 0.05) is 24.1 Å². The highest BCUT2D eigenvalue weighted by Gasteiger charge is 2.15. The summed E-state index contributed by atoms with van der Waals surface area (Å²) in [6, 6.07) is 7.58. The second-order valence-corrected chi connectivity index (χ2v) is 4.81. The first kappa shape index (κ1) is 12.9. The van der Waals surface area contributed by atoms with Gasteiger partial charge in [0.05, 0.1) is 17.5 Å². The van der Waals surface area contributed by atoms with Crippen LogP contribution in [0.2, 0.25) is 0 Å². The minimum atomic E-state index is -0.282. The van der Waals surface area contributed by atoms with Gasteiger partial charge in [0.1, 0.15) is 5.58 Å². The molecule has 3 rings (SSSR count). The minimum absolute atomic E-state index is 0.282. The standard InChI is InChI=1S/C16H17NO3/c1-3-19-9-8-12-10(2)14-15(17-12)11-6-4-5-7-13(11)20-16(14)18/h4-7,17H,3,8-9H2,1-2H3. The van der Waals surface area contributed by atoms with E-state index in [-0.39, 0.29) is 5.63 Å². The first-order chi connectivity index (χ1) is 9.72. The summed E-state index contributed by atoms with van der Waals surface area (Å²) in [6.07, 6.45) is 0.766. The lowest BCUT2D eigenvalue weighted by Crippen LogP contribution is -2.01. The van der Waals surface area contributed by atoms with Gasteiger partial charge in [-0.25, -0.2) is 4.79 Å². The van der Waals surface area contributed by atoms with E-state index in [2.05, 4.69) is 4.98 Å². The Labute approximate surface area is 116 Å². The van der Waals surface area contributed by atoms with Crippen LogP contribution in [0.5, 0.6) is 0 Å². The molecule has 2 heterocycles. The van der Waals surface area contributed by atoms with E-state index in [0.29, 0.717) is 24.2 Å². The maximum atomic E-state index is 12.1. The number of hydrogen-bond donors (Lipinski definition) is 1. The van der Waals surface area contributed by atoms with Crippen molar-refractivity contribution in [1.29, 1.82) is 0 Å². The number of para-hydroxylation sites is 1. The highest BCUT2D eigenvalue weighted by Crippen LogP contribution is 2.26. The van der Waals surface area contributed by atoms with Crippen LogP contribution in [0.4, 0.5) is 0 Å². The molecule has 0 aliphatic rings. The van der Waals surface area contributed by atoms with E-state index in [4.69, 9.17) is 9.15 Å². The van der Waals surface area contributed by atoms with Gasteiger partial charge in [-0.3, -0.25) is 0 Å². The monoisotopic (exact) mass is 271 g/mol. The molecule has 0 spiro atoms. The maximum absolute atomic E-state index is 12.1. The van der Waals surface area contributed by atoms with Crippen molar-refractivity contribution in [2.75, 3.05) is 13.2 Å². The third-order valence-electron chi connectivity index (χ3n) is 3.62. The zero-order valence-corrected chi connectivity index (χ0v) is 11.7. The molecule has 0 saturated heterocycles. The molecule has 4 heteroatoms. The van der Waals surface area contributed by atoms with Gasteiger partial charge in [0.15, 0.2) is 0 Å². The number of aromatic nitrogens is 1. The molecule has 0 atom stereocenters. The molecule has 3 aromatic rings. The van der Waals surface area contributed by atoms with Gasteiger partial charge < -0.3 is 14.1 Å². The zero-order chi connectivity index (χ0) is 14.1. The summed E-state index contributed by atoms with van der Waals surface area (Å²) in [5.74, 6) is 0. The van der Waals surface area contributed by atoms with Gasteiger partial charge in [0.25, 0.3) is 0 Å². The lowest BCUT2D eigenvalue weighted by atomic mass is 10.1. The second-order valence-electron chi connectivity index (χ2n) is 4.81. The van der Waals surface area contributed by atoms with Crippen LogP contribution in [-0.2, 0) is 11.2 Å². The first-order valence-electron chi connectivity index (χ1n) is 6.83. The van der Waals surface area contributed by atoms with Crippen molar-refractivity contribution in [3.8, 4) is 0 Å². The minimum Gasteiger partial charge on any atom is -0.422 e. The molecule has 0 aliphatic carbocycles. The Hall–Kier alpha value is -2.07. The van der Waals surface area contributed by atoms with Crippen LogP contribution in [-0.4, -0.2) is 18.2 Å². The first-order valence-corrected chi connectivity index (χ1v) is 6.83. The van der Waals surface area contributed by atoms with Crippen molar-refractivity contribution >= 4 is 21.9 Å². The molecule has 104 valence electrons. The van der Waals surface area contributed by atoms with E-state index in [1.54, 1.807) is 0 Å². The quantitative estimate of drug-likeness (QED) is 0.585. The summed E-state index contributed by atoms with van der Waals surface area (Å²) < 4.78 is 10.8. The van der Waals surface area contributed by atoms with Crippen LogP contribution in [0.3, 0.4) is 0 Å². The fourth-order valence-corrected chi connectivity index (χ4v) is 2.58. The molecule has 0 aliphatic heterocycles. The SMILES string of the molecule is CCOCCc1[nH]c2c(c1C)c(=O)oc1ccccc12. The molecule has 0 fully saturated rings. The fourth-order valence-electron chi connectivity index (χ4n) is 2.58. The summed E-state index contributed by atoms with van der Waals surface area (Å²) in [6.45, 7) is 5.27. The number of aryl methyl sites for hydroxylation is 1. The smallest absolute Gasteiger partial charge is 0.346 e. The third-order valence-corrected chi connectivity index (χ3v) is 3.62. The highest BCUT2D eigenvalue weighted by molar-refractivity contribution is 6.03. The lowest BCUT2D eigenvalue weighted by molar-refractivity contribution is 0.150.